The Kier molecular flexibility index (Phi) is 3.81. The molecule has 0 unspecified atom stereocenters. The molecular weight excluding hydrogens is 239 g/mol. The molecule has 19 heavy (non-hydrogen) atoms. The van der Waals surface area contributed by atoms with Crippen LogP contribution in [0.4, 0.5) is 0 Å². The van der Waals surface area contributed by atoms with E-state index < -0.39 is 0 Å². The second-order valence-corrected chi connectivity index (χ2v) is 5.77. The van der Waals surface area contributed by atoms with E-state index in [4.69, 9.17) is 15.0 Å². The second kappa shape index (κ2) is 5.08. The van der Waals surface area contributed by atoms with Crippen LogP contribution in [0.3, 0.4) is 0 Å². The van der Waals surface area contributed by atoms with Gasteiger partial charge < -0.3 is 15.0 Å². The van der Waals surface area contributed by atoms with E-state index in [9.17, 15) is 0 Å². The van der Waals surface area contributed by atoms with Crippen LogP contribution in [0.5, 0.6) is 0 Å². The van der Waals surface area contributed by atoms with Gasteiger partial charge in [-0.2, -0.15) is 0 Å². The fourth-order valence-corrected chi connectivity index (χ4v) is 1.87. The van der Waals surface area contributed by atoms with Crippen LogP contribution in [-0.2, 0) is 15.9 Å². The largest absolute Gasteiger partial charge is 0.487 e. The van der Waals surface area contributed by atoms with Crippen LogP contribution in [-0.4, -0.2) is 23.3 Å². The molecule has 5 heteroatoms. The van der Waals surface area contributed by atoms with E-state index in [1.807, 2.05) is 51.9 Å². The minimum absolute atomic E-state index is 0.303. The van der Waals surface area contributed by atoms with Gasteiger partial charge in [0.2, 0.25) is 0 Å². The van der Waals surface area contributed by atoms with Crippen molar-refractivity contribution in [2.75, 3.05) is 0 Å². The highest BCUT2D eigenvalue weighted by Gasteiger charge is 2.49. The van der Waals surface area contributed by atoms with Crippen molar-refractivity contribution in [1.82, 2.24) is 4.98 Å². The zero-order valence-electron chi connectivity index (χ0n) is 12.0. The Hall–Kier alpha value is -1.17. The van der Waals surface area contributed by atoms with Crippen molar-refractivity contribution in [1.29, 1.82) is 0 Å². The first-order valence-corrected chi connectivity index (χ1v) is 6.53. The predicted octanol–water partition coefficient (Wildman–Crippen LogP) is 2.18. The van der Waals surface area contributed by atoms with Crippen molar-refractivity contribution < 1.29 is 9.31 Å². The number of nitrogens with two attached hydrogens (primary N) is 1. The summed E-state index contributed by atoms with van der Waals surface area (Å²) in [6, 6.07) is 3.89. The summed E-state index contributed by atoms with van der Waals surface area (Å²) in [6.45, 7) is 8.61. The molecule has 0 atom stereocenters. The summed E-state index contributed by atoms with van der Waals surface area (Å²) in [4.78, 5) is 4.16. The Balaban J connectivity index is 2.08. The van der Waals surface area contributed by atoms with Gasteiger partial charge in [-0.05, 0) is 45.4 Å². The molecule has 1 aliphatic rings. The molecular formula is C14H21BN2O2. The van der Waals surface area contributed by atoms with Gasteiger partial charge in [-0.25, -0.2) is 0 Å². The van der Waals surface area contributed by atoms with Crippen LogP contribution >= 0.6 is 0 Å². The van der Waals surface area contributed by atoms with Gasteiger partial charge in [0, 0.05) is 12.7 Å². The zero-order chi connectivity index (χ0) is 14.1. The normalized spacial score (nSPS) is 21.2. The molecule has 2 rings (SSSR count). The van der Waals surface area contributed by atoms with Gasteiger partial charge in [0.25, 0.3) is 0 Å². The SMILES string of the molecule is CC1(C)OB(/C=C/c2ccnc(CN)c2)OC1(C)C. The van der Waals surface area contributed by atoms with E-state index in [1.165, 1.54) is 0 Å². The first-order valence-electron chi connectivity index (χ1n) is 6.53. The van der Waals surface area contributed by atoms with E-state index >= 15 is 0 Å². The molecule has 0 saturated carbocycles. The Morgan fingerprint density at radius 1 is 1.26 bits per heavy atom. The van der Waals surface area contributed by atoms with Crippen LogP contribution in [0.15, 0.2) is 24.3 Å². The summed E-state index contributed by atoms with van der Waals surface area (Å²) >= 11 is 0. The van der Waals surface area contributed by atoms with Gasteiger partial charge in [0.1, 0.15) is 0 Å². The van der Waals surface area contributed by atoms with E-state index in [0.717, 1.165) is 11.3 Å². The van der Waals surface area contributed by atoms with Gasteiger partial charge in [0.05, 0.1) is 16.9 Å². The van der Waals surface area contributed by atoms with Gasteiger partial charge in [-0.15, -0.1) is 0 Å². The molecule has 0 aliphatic carbocycles. The lowest BCUT2D eigenvalue weighted by atomic mass is 9.89. The van der Waals surface area contributed by atoms with Crippen LogP contribution in [0.25, 0.3) is 6.08 Å². The fraction of sp³-hybridized carbons (Fsp3) is 0.500. The Morgan fingerprint density at radius 3 is 2.47 bits per heavy atom. The van der Waals surface area contributed by atoms with Crippen molar-refractivity contribution in [3.05, 3.63) is 35.6 Å². The lowest BCUT2D eigenvalue weighted by Gasteiger charge is -2.32. The molecule has 1 fully saturated rings. The number of hydrogen-bond acceptors (Lipinski definition) is 4. The maximum Gasteiger partial charge on any atom is 0.487 e. The number of hydrogen-bond donors (Lipinski definition) is 1. The van der Waals surface area contributed by atoms with Gasteiger partial charge >= 0.3 is 7.12 Å². The molecule has 2 N–H and O–H groups in total. The minimum Gasteiger partial charge on any atom is -0.400 e. The molecule has 1 aromatic heterocycles. The highest BCUT2D eigenvalue weighted by atomic mass is 16.7. The van der Waals surface area contributed by atoms with E-state index in [2.05, 4.69) is 4.98 Å². The predicted molar refractivity (Wildman–Crippen MR) is 77.2 cm³/mol. The van der Waals surface area contributed by atoms with Crippen molar-refractivity contribution in [3.8, 4) is 0 Å². The summed E-state index contributed by atoms with van der Waals surface area (Å²) in [5.74, 6) is 1.92. The van der Waals surface area contributed by atoms with Crippen molar-refractivity contribution in [2.45, 2.75) is 45.4 Å². The minimum atomic E-state index is -0.320. The molecule has 2 heterocycles. The molecule has 1 saturated heterocycles. The van der Waals surface area contributed by atoms with E-state index in [-0.39, 0.29) is 18.3 Å². The monoisotopic (exact) mass is 260 g/mol. The van der Waals surface area contributed by atoms with Crippen LogP contribution < -0.4 is 5.73 Å². The number of rotatable bonds is 3. The summed E-state index contributed by atoms with van der Waals surface area (Å²) in [5.41, 5.74) is 6.88. The van der Waals surface area contributed by atoms with Crippen molar-refractivity contribution in [2.24, 2.45) is 5.73 Å². The smallest absolute Gasteiger partial charge is 0.400 e. The first-order chi connectivity index (χ1) is 8.84. The van der Waals surface area contributed by atoms with E-state index in [0.29, 0.717) is 6.54 Å². The van der Waals surface area contributed by atoms with Gasteiger partial charge in [-0.3, -0.25) is 4.98 Å². The number of pyridine rings is 1. The average molecular weight is 260 g/mol. The lowest BCUT2D eigenvalue weighted by Crippen LogP contribution is -2.41. The molecule has 0 aromatic carbocycles. The molecule has 1 aliphatic heterocycles. The average Bonchev–Trinajstić information content (AvgIpc) is 2.56. The van der Waals surface area contributed by atoms with Crippen molar-refractivity contribution >= 4 is 13.2 Å². The quantitative estimate of drug-likeness (QED) is 0.846. The third-order valence-corrected chi connectivity index (χ3v) is 3.77. The number of aromatic nitrogens is 1. The lowest BCUT2D eigenvalue weighted by molar-refractivity contribution is 0.00578. The third kappa shape index (κ3) is 3.05. The summed E-state index contributed by atoms with van der Waals surface area (Å²) in [6.07, 6.45) is 3.73. The molecule has 102 valence electrons. The molecule has 0 radical (unpaired) electrons. The first kappa shape index (κ1) is 14.2. The van der Waals surface area contributed by atoms with Crippen molar-refractivity contribution in [3.63, 3.8) is 0 Å². The Labute approximate surface area is 115 Å². The summed E-state index contributed by atoms with van der Waals surface area (Å²) in [7, 11) is -0.320. The van der Waals surface area contributed by atoms with Crippen LogP contribution in [0.2, 0.25) is 0 Å². The topological polar surface area (TPSA) is 57.4 Å². The Bertz CT molecular complexity index is 470. The summed E-state index contributed by atoms with van der Waals surface area (Å²) in [5, 5.41) is 0. The molecule has 0 bridgehead atoms. The molecule has 1 aromatic rings. The van der Waals surface area contributed by atoms with Crippen LogP contribution in [0, 0.1) is 0 Å². The molecule has 0 spiro atoms. The van der Waals surface area contributed by atoms with E-state index in [1.54, 1.807) is 6.20 Å². The third-order valence-electron chi connectivity index (χ3n) is 3.77. The Morgan fingerprint density at radius 2 is 1.89 bits per heavy atom. The maximum atomic E-state index is 5.89. The summed E-state index contributed by atoms with van der Waals surface area (Å²) < 4.78 is 11.8. The highest BCUT2D eigenvalue weighted by Crippen LogP contribution is 2.36. The highest BCUT2D eigenvalue weighted by molar-refractivity contribution is 6.52. The molecule has 0 amide bonds. The van der Waals surface area contributed by atoms with Gasteiger partial charge in [0.15, 0.2) is 0 Å². The van der Waals surface area contributed by atoms with Crippen LogP contribution in [0.1, 0.15) is 39.0 Å². The molecule has 4 nitrogen and oxygen atoms in total. The standard InChI is InChI=1S/C14H21BN2O2/c1-13(2)14(3,4)19-15(18-13)7-5-11-6-8-17-12(9-11)10-16/h5-9H,10,16H2,1-4H3/b7-5+. The maximum absolute atomic E-state index is 5.89. The second-order valence-electron chi connectivity index (χ2n) is 5.77. The number of nitrogens with zero attached hydrogens (tertiary/aromatic N) is 1. The fourth-order valence-electron chi connectivity index (χ4n) is 1.87. The zero-order valence-corrected chi connectivity index (χ0v) is 12.0. The van der Waals surface area contributed by atoms with Gasteiger partial charge in [-0.1, -0.05) is 12.1 Å².